The number of halogens is 4. The van der Waals surface area contributed by atoms with Crippen LogP contribution in [0.3, 0.4) is 0 Å². The molecule has 0 unspecified atom stereocenters. The Kier molecular flexibility index (Phi) is 5.60. The molecular weight excluding hydrogens is 428 g/mol. The Hall–Kier alpha value is -3.82. The molecule has 0 saturated carbocycles. The van der Waals surface area contributed by atoms with Gasteiger partial charge in [0, 0.05) is 24.7 Å². The Morgan fingerprint density at radius 1 is 1.12 bits per heavy atom. The van der Waals surface area contributed by atoms with E-state index in [1.807, 2.05) is 0 Å². The van der Waals surface area contributed by atoms with Crippen molar-refractivity contribution in [2.24, 2.45) is 0 Å². The predicted molar refractivity (Wildman–Crippen MR) is 109 cm³/mol. The SMILES string of the molecule is O=C1CCCN(C(=O)Nc2ccncc2F)c2nc(-c3cccc(C(F)(F)F)c3)ccc21. The van der Waals surface area contributed by atoms with Gasteiger partial charge < -0.3 is 5.32 Å². The van der Waals surface area contributed by atoms with Gasteiger partial charge in [-0.2, -0.15) is 13.2 Å². The zero-order chi connectivity index (χ0) is 22.9. The third-order valence-electron chi connectivity index (χ3n) is 4.96. The third kappa shape index (κ3) is 4.29. The van der Waals surface area contributed by atoms with Gasteiger partial charge in [-0.15, -0.1) is 0 Å². The fourth-order valence-electron chi connectivity index (χ4n) is 3.38. The van der Waals surface area contributed by atoms with Crippen LogP contribution < -0.4 is 10.2 Å². The predicted octanol–water partition coefficient (Wildman–Crippen LogP) is 5.32. The molecule has 3 aromatic rings. The zero-order valence-electron chi connectivity index (χ0n) is 16.5. The van der Waals surface area contributed by atoms with Crippen molar-refractivity contribution in [3.05, 3.63) is 71.8 Å². The van der Waals surface area contributed by atoms with Crippen LogP contribution >= 0.6 is 0 Å². The number of rotatable bonds is 2. The standard InChI is InChI=1S/C22H16F4N4O2/c23-16-12-27-9-8-18(16)29-21(32)30-10-2-5-19(31)15-6-7-17(28-20(15)30)13-3-1-4-14(11-13)22(24,25)26/h1,3-4,6-9,11-12H,2,5,10H2,(H,27,29,32). The summed E-state index contributed by atoms with van der Waals surface area (Å²) in [6.07, 6.45) is -1.76. The van der Waals surface area contributed by atoms with E-state index in [1.54, 1.807) is 0 Å². The van der Waals surface area contributed by atoms with E-state index in [0.29, 0.717) is 6.42 Å². The molecule has 2 aromatic heterocycles. The number of urea groups is 1. The minimum absolute atomic E-state index is 0.00868. The molecule has 0 bridgehead atoms. The number of ketones is 1. The molecule has 3 heterocycles. The van der Waals surface area contributed by atoms with Gasteiger partial charge in [-0.25, -0.2) is 14.2 Å². The van der Waals surface area contributed by atoms with Crippen molar-refractivity contribution in [2.45, 2.75) is 19.0 Å². The van der Waals surface area contributed by atoms with Crippen LogP contribution in [0.1, 0.15) is 28.8 Å². The number of nitrogens with one attached hydrogen (secondary N) is 1. The van der Waals surface area contributed by atoms with Crippen molar-refractivity contribution >= 4 is 23.3 Å². The number of hydrogen-bond acceptors (Lipinski definition) is 4. The average Bonchev–Trinajstić information content (AvgIpc) is 2.93. The van der Waals surface area contributed by atoms with E-state index in [2.05, 4.69) is 15.3 Å². The van der Waals surface area contributed by atoms with Gasteiger partial charge in [-0.3, -0.25) is 14.7 Å². The van der Waals surface area contributed by atoms with Crippen LogP contribution in [0.5, 0.6) is 0 Å². The van der Waals surface area contributed by atoms with Gasteiger partial charge in [0.25, 0.3) is 0 Å². The quantitative estimate of drug-likeness (QED) is 0.543. The van der Waals surface area contributed by atoms with Crippen molar-refractivity contribution in [1.82, 2.24) is 9.97 Å². The Balaban J connectivity index is 1.74. The minimum atomic E-state index is -4.53. The van der Waals surface area contributed by atoms with Crippen molar-refractivity contribution in [2.75, 3.05) is 16.8 Å². The Labute approximate surface area is 179 Å². The lowest BCUT2D eigenvalue weighted by Gasteiger charge is -2.22. The number of benzene rings is 1. The lowest BCUT2D eigenvalue weighted by atomic mass is 10.0. The van der Waals surface area contributed by atoms with E-state index in [9.17, 15) is 27.2 Å². The fraction of sp³-hybridized carbons (Fsp3) is 0.182. The molecule has 1 aliphatic heterocycles. The molecule has 2 amide bonds. The fourth-order valence-corrected chi connectivity index (χ4v) is 3.38. The molecule has 0 radical (unpaired) electrons. The lowest BCUT2D eigenvalue weighted by Crippen LogP contribution is -2.36. The number of Topliss-reactive ketones (excluding diaryl/α,β-unsaturated/α-hetero) is 1. The normalized spacial score (nSPS) is 14.0. The number of nitrogens with zero attached hydrogens (tertiary/aromatic N) is 3. The van der Waals surface area contributed by atoms with E-state index in [4.69, 9.17) is 0 Å². The summed E-state index contributed by atoms with van der Waals surface area (Å²) in [4.78, 5) is 34.6. The van der Waals surface area contributed by atoms with Crippen LogP contribution in [0, 0.1) is 5.82 Å². The summed E-state index contributed by atoms with van der Waals surface area (Å²) in [5.74, 6) is -0.972. The molecule has 6 nitrogen and oxygen atoms in total. The first-order valence-electron chi connectivity index (χ1n) is 9.64. The average molecular weight is 444 g/mol. The highest BCUT2D eigenvalue weighted by atomic mass is 19.4. The van der Waals surface area contributed by atoms with Crippen LogP contribution in [0.2, 0.25) is 0 Å². The summed E-state index contributed by atoms with van der Waals surface area (Å²) >= 11 is 0. The first-order chi connectivity index (χ1) is 15.2. The van der Waals surface area contributed by atoms with Gasteiger partial charge in [0.1, 0.15) is 5.82 Å². The topological polar surface area (TPSA) is 75.2 Å². The van der Waals surface area contributed by atoms with Crippen LogP contribution in [0.25, 0.3) is 11.3 Å². The summed E-state index contributed by atoms with van der Waals surface area (Å²) in [5, 5.41) is 2.42. The molecule has 164 valence electrons. The molecule has 0 saturated heterocycles. The molecule has 0 fully saturated rings. The first-order valence-corrected chi connectivity index (χ1v) is 9.64. The van der Waals surface area contributed by atoms with E-state index in [1.165, 1.54) is 41.4 Å². The molecule has 10 heteroatoms. The maximum atomic E-state index is 13.9. The highest BCUT2D eigenvalue weighted by Gasteiger charge is 2.31. The summed E-state index contributed by atoms with van der Waals surface area (Å²) in [7, 11) is 0. The monoisotopic (exact) mass is 444 g/mol. The smallest absolute Gasteiger partial charge is 0.305 e. The van der Waals surface area contributed by atoms with Gasteiger partial charge >= 0.3 is 12.2 Å². The number of hydrogen-bond donors (Lipinski definition) is 1. The van der Waals surface area contributed by atoms with Gasteiger partial charge in [-0.05, 0) is 36.8 Å². The van der Waals surface area contributed by atoms with Gasteiger partial charge in [-0.1, -0.05) is 12.1 Å². The largest absolute Gasteiger partial charge is 0.416 e. The van der Waals surface area contributed by atoms with E-state index < -0.39 is 23.6 Å². The molecule has 0 atom stereocenters. The molecule has 1 aliphatic rings. The zero-order valence-corrected chi connectivity index (χ0v) is 16.5. The summed E-state index contributed by atoms with van der Waals surface area (Å²) in [6.45, 7) is 0.121. The number of carbonyl (C=O) groups excluding carboxylic acids is 2. The van der Waals surface area contributed by atoms with E-state index >= 15 is 0 Å². The third-order valence-corrected chi connectivity index (χ3v) is 4.96. The molecule has 0 spiro atoms. The summed E-state index contributed by atoms with van der Waals surface area (Å²) < 4.78 is 53.2. The highest BCUT2D eigenvalue weighted by Crippen LogP contribution is 2.33. The van der Waals surface area contributed by atoms with Crippen LogP contribution in [0.15, 0.2) is 54.9 Å². The van der Waals surface area contributed by atoms with E-state index in [-0.39, 0.29) is 47.1 Å². The van der Waals surface area contributed by atoms with Gasteiger partial charge in [0.15, 0.2) is 11.6 Å². The van der Waals surface area contributed by atoms with E-state index in [0.717, 1.165) is 18.3 Å². The Bertz CT molecular complexity index is 1200. The maximum Gasteiger partial charge on any atom is 0.416 e. The number of alkyl halides is 3. The second kappa shape index (κ2) is 8.37. The molecule has 1 aromatic carbocycles. The number of carbonyl (C=O) groups is 2. The van der Waals surface area contributed by atoms with Crippen molar-refractivity contribution in [3.8, 4) is 11.3 Å². The molecule has 32 heavy (non-hydrogen) atoms. The molecule has 0 aliphatic carbocycles. The maximum absolute atomic E-state index is 13.9. The number of amides is 2. The molecular formula is C22H16F4N4O2. The number of anilines is 2. The highest BCUT2D eigenvalue weighted by molar-refractivity contribution is 6.08. The Morgan fingerprint density at radius 3 is 2.69 bits per heavy atom. The van der Waals surface area contributed by atoms with Gasteiger partial charge in [0.05, 0.1) is 28.7 Å². The first kappa shape index (κ1) is 21.4. The van der Waals surface area contributed by atoms with Crippen molar-refractivity contribution in [1.29, 1.82) is 0 Å². The van der Waals surface area contributed by atoms with Crippen LogP contribution in [0.4, 0.5) is 33.9 Å². The molecule has 1 N–H and O–H groups in total. The van der Waals surface area contributed by atoms with Gasteiger partial charge in [0.2, 0.25) is 0 Å². The second-order valence-corrected chi connectivity index (χ2v) is 7.11. The van der Waals surface area contributed by atoms with Crippen molar-refractivity contribution < 1.29 is 27.2 Å². The number of pyridine rings is 2. The summed E-state index contributed by atoms with van der Waals surface area (Å²) in [5.41, 5.74) is -0.428. The second-order valence-electron chi connectivity index (χ2n) is 7.11. The van der Waals surface area contributed by atoms with Crippen LogP contribution in [-0.4, -0.2) is 28.3 Å². The molecule has 4 rings (SSSR count). The number of aromatic nitrogens is 2. The minimum Gasteiger partial charge on any atom is -0.305 e. The summed E-state index contributed by atoms with van der Waals surface area (Å²) in [6, 6.07) is 8.05. The number of fused-ring (bicyclic) bond motifs is 1. The lowest BCUT2D eigenvalue weighted by molar-refractivity contribution is -0.137. The Morgan fingerprint density at radius 2 is 1.94 bits per heavy atom. The van der Waals surface area contributed by atoms with Crippen LogP contribution in [-0.2, 0) is 6.18 Å². The van der Waals surface area contributed by atoms with Crippen molar-refractivity contribution in [3.63, 3.8) is 0 Å².